The van der Waals surface area contributed by atoms with E-state index in [0.717, 1.165) is 5.56 Å². The van der Waals surface area contributed by atoms with Crippen LogP contribution in [0.3, 0.4) is 0 Å². The maximum atomic E-state index is 13.7. The Morgan fingerprint density at radius 2 is 1.96 bits per heavy atom. The summed E-state index contributed by atoms with van der Waals surface area (Å²) in [5.41, 5.74) is 2.79. The summed E-state index contributed by atoms with van der Waals surface area (Å²) in [4.78, 5) is 14.3. The van der Waals surface area contributed by atoms with E-state index in [2.05, 4.69) is 5.32 Å². The molecule has 0 saturated carbocycles. The van der Waals surface area contributed by atoms with Crippen LogP contribution in [-0.2, 0) is 16.1 Å². The molecule has 1 atom stereocenters. The van der Waals surface area contributed by atoms with E-state index < -0.39 is 12.0 Å². The van der Waals surface area contributed by atoms with Crippen LogP contribution in [0.5, 0.6) is 0 Å². The van der Waals surface area contributed by atoms with E-state index in [4.69, 9.17) is 17.0 Å². The SMILES string of the molecule is COC(=O)C1=C(C)N(Cc2ccccc2)C(=S)N[C@H]1c1cccc(F)c1. The highest BCUT2D eigenvalue weighted by atomic mass is 32.1. The Kier molecular flexibility index (Phi) is 5.32. The van der Waals surface area contributed by atoms with E-state index in [1.54, 1.807) is 12.1 Å². The molecule has 0 spiro atoms. The summed E-state index contributed by atoms with van der Waals surface area (Å²) < 4.78 is 18.7. The fraction of sp³-hybridized carbons (Fsp3) is 0.200. The number of thiocarbonyl (C=S) groups is 1. The average Bonchev–Trinajstić information content (AvgIpc) is 2.65. The van der Waals surface area contributed by atoms with Crippen molar-refractivity contribution in [2.24, 2.45) is 0 Å². The van der Waals surface area contributed by atoms with Crippen molar-refractivity contribution in [2.45, 2.75) is 19.5 Å². The number of carbonyl (C=O) groups is 1. The van der Waals surface area contributed by atoms with Gasteiger partial charge >= 0.3 is 5.97 Å². The molecule has 0 aliphatic carbocycles. The summed E-state index contributed by atoms with van der Waals surface area (Å²) in [6.07, 6.45) is 0. The number of ether oxygens (including phenoxy) is 1. The van der Waals surface area contributed by atoms with Gasteiger partial charge in [-0.1, -0.05) is 42.5 Å². The van der Waals surface area contributed by atoms with Crippen molar-refractivity contribution >= 4 is 23.3 Å². The molecular formula is C20H19FN2O2S. The quantitative estimate of drug-likeness (QED) is 0.656. The Morgan fingerprint density at radius 3 is 2.62 bits per heavy atom. The van der Waals surface area contributed by atoms with Gasteiger partial charge in [-0.25, -0.2) is 9.18 Å². The van der Waals surface area contributed by atoms with Gasteiger partial charge in [-0.2, -0.15) is 0 Å². The van der Waals surface area contributed by atoms with Crippen molar-refractivity contribution in [1.29, 1.82) is 0 Å². The van der Waals surface area contributed by atoms with Crippen LogP contribution in [0.15, 0.2) is 65.9 Å². The fourth-order valence-corrected chi connectivity index (χ4v) is 3.37. The second kappa shape index (κ2) is 7.66. The highest BCUT2D eigenvalue weighted by molar-refractivity contribution is 7.80. The summed E-state index contributed by atoms with van der Waals surface area (Å²) in [6, 6.07) is 15.4. The molecule has 134 valence electrons. The Morgan fingerprint density at radius 1 is 1.23 bits per heavy atom. The third kappa shape index (κ3) is 3.60. The summed E-state index contributed by atoms with van der Waals surface area (Å²) in [6.45, 7) is 2.35. The van der Waals surface area contributed by atoms with E-state index >= 15 is 0 Å². The number of halogens is 1. The third-order valence-corrected chi connectivity index (χ3v) is 4.71. The number of nitrogens with one attached hydrogen (secondary N) is 1. The first kappa shape index (κ1) is 18.1. The molecule has 0 radical (unpaired) electrons. The lowest BCUT2D eigenvalue weighted by Gasteiger charge is -2.37. The molecule has 0 aromatic heterocycles. The van der Waals surface area contributed by atoms with E-state index in [0.29, 0.717) is 28.5 Å². The molecule has 6 heteroatoms. The molecule has 1 aliphatic rings. The van der Waals surface area contributed by atoms with E-state index in [-0.39, 0.29) is 5.82 Å². The molecule has 2 aromatic carbocycles. The molecule has 26 heavy (non-hydrogen) atoms. The van der Waals surface area contributed by atoms with Gasteiger partial charge in [-0.15, -0.1) is 0 Å². The topological polar surface area (TPSA) is 41.6 Å². The van der Waals surface area contributed by atoms with Crippen LogP contribution < -0.4 is 5.32 Å². The maximum absolute atomic E-state index is 13.7. The molecule has 1 heterocycles. The number of methoxy groups -OCH3 is 1. The van der Waals surface area contributed by atoms with Gasteiger partial charge in [0.05, 0.1) is 18.7 Å². The monoisotopic (exact) mass is 370 g/mol. The van der Waals surface area contributed by atoms with Crippen LogP contribution in [-0.4, -0.2) is 23.1 Å². The first-order chi connectivity index (χ1) is 12.5. The lowest BCUT2D eigenvalue weighted by Crippen LogP contribution is -2.47. The number of nitrogens with zero attached hydrogens (tertiary/aromatic N) is 1. The number of allylic oxidation sites excluding steroid dienone is 1. The number of esters is 1. The molecular weight excluding hydrogens is 351 g/mol. The van der Waals surface area contributed by atoms with Crippen molar-refractivity contribution in [3.05, 3.63) is 82.8 Å². The van der Waals surface area contributed by atoms with Crippen molar-refractivity contribution < 1.29 is 13.9 Å². The first-order valence-corrected chi connectivity index (χ1v) is 8.58. The number of hydrogen-bond acceptors (Lipinski definition) is 3. The second-order valence-corrected chi connectivity index (χ2v) is 6.39. The number of carbonyl (C=O) groups excluding carboxylic acids is 1. The molecule has 3 rings (SSSR count). The maximum Gasteiger partial charge on any atom is 0.337 e. The standard InChI is InChI=1S/C20H19FN2O2S/c1-13-17(19(24)25-2)18(15-9-6-10-16(21)11-15)22-20(26)23(13)12-14-7-4-3-5-8-14/h3-11,18H,12H2,1-2H3,(H,22,26)/t18-/m0/s1. The summed E-state index contributed by atoms with van der Waals surface area (Å²) >= 11 is 5.52. The van der Waals surface area contributed by atoms with Crippen LogP contribution in [0.4, 0.5) is 4.39 Å². The minimum atomic E-state index is -0.558. The number of rotatable bonds is 4. The smallest absolute Gasteiger partial charge is 0.337 e. The minimum Gasteiger partial charge on any atom is -0.466 e. The minimum absolute atomic E-state index is 0.371. The van der Waals surface area contributed by atoms with Gasteiger partial charge < -0.3 is 15.0 Å². The molecule has 2 aromatic rings. The van der Waals surface area contributed by atoms with Crippen LogP contribution in [0.1, 0.15) is 24.1 Å². The predicted molar refractivity (Wildman–Crippen MR) is 102 cm³/mol. The van der Waals surface area contributed by atoms with Gasteiger partial charge in [0.2, 0.25) is 0 Å². The van der Waals surface area contributed by atoms with Crippen molar-refractivity contribution in [1.82, 2.24) is 10.2 Å². The lowest BCUT2D eigenvalue weighted by molar-refractivity contribution is -0.136. The number of hydrogen-bond donors (Lipinski definition) is 1. The Hall–Kier alpha value is -2.73. The van der Waals surface area contributed by atoms with Crippen LogP contribution in [0.25, 0.3) is 0 Å². The highest BCUT2D eigenvalue weighted by Crippen LogP contribution is 2.32. The zero-order chi connectivity index (χ0) is 18.7. The molecule has 0 fully saturated rings. The molecule has 1 N–H and O–H groups in total. The summed E-state index contributed by atoms with van der Waals surface area (Å²) in [5, 5.41) is 3.64. The Balaban J connectivity index is 2.03. The van der Waals surface area contributed by atoms with Gasteiger partial charge in [0.1, 0.15) is 5.82 Å². The van der Waals surface area contributed by atoms with Crippen LogP contribution >= 0.6 is 12.2 Å². The van der Waals surface area contributed by atoms with Gasteiger partial charge in [0, 0.05) is 12.2 Å². The Labute approximate surface area is 157 Å². The van der Waals surface area contributed by atoms with Crippen molar-refractivity contribution in [2.75, 3.05) is 7.11 Å². The highest BCUT2D eigenvalue weighted by Gasteiger charge is 2.34. The number of benzene rings is 2. The van der Waals surface area contributed by atoms with Crippen molar-refractivity contribution in [3.63, 3.8) is 0 Å². The van der Waals surface area contributed by atoms with Crippen LogP contribution in [0.2, 0.25) is 0 Å². The van der Waals surface area contributed by atoms with E-state index in [9.17, 15) is 9.18 Å². The molecule has 4 nitrogen and oxygen atoms in total. The van der Waals surface area contributed by atoms with Crippen LogP contribution in [0, 0.1) is 5.82 Å². The first-order valence-electron chi connectivity index (χ1n) is 8.17. The zero-order valence-electron chi connectivity index (χ0n) is 14.5. The molecule has 0 bridgehead atoms. The summed E-state index contributed by atoms with van der Waals surface area (Å²) in [7, 11) is 1.33. The Bertz CT molecular complexity index is 867. The lowest BCUT2D eigenvalue weighted by atomic mass is 9.94. The molecule has 0 saturated heterocycles. The largest absolute Gasteiger partial charge is 0.466 e. The second-order valence-electron chi connectivity index (χ2n) is 6.00. The normalized spacial score (nSPS) is 17.1. The molecule has 0 amide bonds. The van der Waals surface area contributed by atoms with E-state index in [1.165, 1.54) is 19.2 Å². The fourth-order valence-electron chi connectivity index (χ4n) is 3.05. The van der Waals surface area contributed by atoms with Gasteiger partial charge in [0.25, 0.3) is 0 Å². The van der Waals surface area contributed by atoms with E-state index in [1.807, 2.05) is 42.2 Å². The summed E-state index contributed by atoms with van der Waals surface area (Å²) in [5.74, 6) is -0.839. The van der Waals surface area contributed by atoms with Crippen molar-refractivity contribution in [3.8, 4) is 0 Å². The van der Waals surface area contributed by atoms with Gasteiger partial charge in [-0.3, -0.25) is 0 Å². The average molecular weight is 370 g/mol. The third-order valence-electron chi connectivity index (χ3n) is 4.37. The molecule has 0 unspecified atom stereocenters. The molecule has 1 aliphatic heterocycles. The zero-order valence-corrected chi connectivity index (χ0v) is 15.3. The van der Waals surface area contributed by atoms with Gasteiger partial charge in [0.15, 0.2) is 5.11 Å². The predicted octanol–water partition coefficient (Wildman–Crippen LogP) is 3.70. The van der Waals surface area contributed by atoms with Gasteiger partial charge in [-0.05, 0) is 42.4 Å².